The number of nitrogens with two attached hydrogens (primary N) is 1. The summed E-state index contributed by atoms with van der Waals surface area (Å²) in [6.45, 7) is -0.194. The second kappa shape index (κ2) is 10.3. The van der Waals surface area contributed by atoms with E-state index in [-0.39, 0.29) is 63.4 Å². The molecule has 2 aromatic heterocycles. The van der Waals surface area contributed by atoms with E-state index < -0.39 is 42.3 Å². The van der Waals surface area contributed by atoms with Crippen LogP contribution in [0.25, 0.3) is 22.3 Å². The molecular formula is C25H21ClF4N6O4S2. The van der Waals surface area contributed by atoms with Gasteiger partial charge >= 0.3 is 6.18 Å². The Hall–Kier alpha value is -3.60. The molecule has 0 saturated heterocycles. The van der Waals surface area contributed by atoms with Crippen LogP contribution in [-0.4, -0.2) is 49.8 Å². The van der Waals surface area contributed by atoms with Crippen LogP contribution >= 0.6 is 11.6 Å². The third-order valence-electron chi connectivity index (χ3n) is 6.53. The van der Waals surface area contributed by atoms with Gasteiger partial charge in [0, 0.05) is 18.4 Å². The van der Waals surface area contributed by atoms with Gasteiger partial charge in [-0.1, -0.05) is 17.7 Å². The summed E-state index contributed by atoms with van der Waals surface area (Å²) in [5, 5.41) is 10.3. The number of fused-ring (bicyclic) bond motifs is 1. The minimum absolute atomic E-state index is 0.00113. The highest BCUT2D eigenvalue weighted by molar-refractivity contribution is 7.90. The highest BCUT2D eigenvalue weighted by Gasteiger charge is 2.64. The number of hydrogen-bond acceptors (Lipinski definition) is 9. The Balaban J connectivity index is 1.57. The highest BCUT2D eigenvalue weighted by atomic mass is 35.5. The Morgan fingerprint density at radius 3 is 2.33 bits per heavy atom. The Labute approximate surface area is 242 Å². The van der Waals surface area contributed by atoms with Gasteiger partial charge in [-0.2, -0.15) is 18.2 Å². The molecule has 2 aromatic carbocycles. The van der Waals surface area contributed by atoms with Crippen LogP contribution in [0.1, 0.15) is 18.4 Å². The van der Waals surface area contributed by atoms with Crippen LogP contribution in [0, 0.1) is 5.82 Å². The third-order valence-corrected chi connectivity index (χ3v) is 9.00. The van der Waals surface area contributed by atoms with E-state index in [1.54, 1.807) is 0 Å². The summed E-state index contributed by atoms with van der Waals surface area (Å²) < 4.78 is 103. The number of sulfone groups is 1. The molecule has 4 aromatic rings. The SMILES string of the molecule is CS(=O)(=O)c1cc(-c2ccc3nc(NCc4cc(F)cc(S(N)(=O)=O)c4)nc(NC4(C(F)(F)F)CC4)c3n2)ccc1Cl. The van der Waals surface area contributed by atoms with Crippen molar-refractivity contribution in [3.05, 3.63) is 64.9 Å². The average Bonchev–Trinajstić information content (AvgIpc) is 3.67. The number of alkyl halides is 3. The molecule has 0 bridgehead atoms. The van der Waals surface area contributed by atoms with Crippen LogP contribution < -0.4 is 15.8 Å². The number of nitrogens with zero attached hydrogens (tertiary/aromatic N) is 3. The molecule has 1 aliphatic rings. The molecule has 17 heteroatoms. The van der Waals surface area contributed by atoms with Crippen LogP contribution in [-0.2, 0) is 26.4 Å². The number of rotatable bonds is 8. The van der Waals surface area contributed by atoms with Gasteiger partial charge in [0.15, 0.2) is 15.7 Å². The van der Waals surface area contributed by atoms with E-state index in [2.05, 4.69) is 25.6 Å². The minimum atomic E-state index is -4.60. The number of sulfonamides is 1. The Morgan fingerprint density at radius 1 is 1.00 bits per heavy atom. The molecule has 10 nitrogen and oxygen atoms in total. The highest BCUT2D eigenvalue weighted by Crippen LogP contribution is 2.51. The molecule has 0 spiro atoms. The van der Waals surface area contributed by atoms with Crippen molar-refractivity contribution in [2.24, 2.45) is 5.14 Å². The lowest BCUT2D eigenvalue weighted by atomic mass is 10.1. The van der Waals surface area contributed by atoms with E-state index in [1.165, 1.54) is 30.3 Å². The number of hydrogen-bond donors (Lipinski definition) is 3. The molecule has 4 N–H and O–H groups in total. The zero-order valence-corrected chi connectivity index (χ0v) is 23.9. The number of halogens is 5. The maximum atomic E-state index is 14.0. The normalized spacial score (nSPS) is 15.0. The summed E-state index contributed by atoms with van der Waals surface area (Å²) in [6.07, 6.45) is -4.00. The van der Waals surface area contributed by atoms with Gasteiger partial charge < -0.3 is 10.6 Å². The Kier molecular flexibility index (Phi) is 7.32. The first-order chi connectivity index (χ1) is 19.4. The van der Waals surface area contributed by atoms with Crippen molar-refractivity contribution in [1.82, 2.24) is 15.0 Å². The first kappa shape index (κ1) is 29.9. The van der Waals surface area contributed by atoms with E-state index in [9.17, 15) is 34.4 Å². The van der Waals surface area contributed by atoms with Crippen LogP contribution in [0.15, 0.2) is 58.3 Å². The maximum Gasteiger partial charge on any atom is 0.411 e. The summed E-state index contributed by atoms with van der Waals surface area (Å²) in [6, 6.07) is 10.1. The Morgan fingerprint density at radius 2 is 1.71 bits per heavy atom. The second-order valence-corrected chi connectivity index (χ2v) is 13.7. The van der Waals surface area contributed by atoms with Crippen molar-refractivity contribution >= 4 is 54.3 Å². The lowest BCUT2D eigenvalue weighted by molar-refractivity contribution is -0.151. The van der Waals surface area contributed by atoms with E-state index >= 15 is 0 Å². The molecule has 42 heavy (non-hydrogen) atoms. The maximum absolute atomic E-state index is 14.0. The van der Waals surface area contributed by atoms with Crippen molar-refractivity contribution in [2.75, 3.05) is 16.9 Å². The molecule has 0 aliphatic heterocycles. The van der Waals surface area contributed by atoms with Crippen molar-refractivity contribution in [1.29, 1.82) is 0 Å². The smallest absolute Gasteiger partial charge is 0.354 e. The zero-order valence-electron chi connectivity index (χ0n) is 21.5. The zero-order chi connectivity index (χ0) is 30.7. The van der Waals surface area contributed by atoms with Crippen molar-refractivity contribution in [2.45, 2.75) is 40.9 Å². The van der Waals surface area contributed by atoms with Crippen LogP contribution in [0.4, 0.5) is 29.3 Å². The molecule has 1 aliphatic carbocycles. The quantitative estimate of drug-likeness (QED) is 0.232. The molecular weight excluding hydrogens is 624 g/mol. The van der Waals surface area contributed by atoms with Crippen LogP contribution in [0.3, 0.4) is 0 Å². The lowest BCUT2D eigenvalue weighted by Crippen LogP contribution is -2.39. The predicted octanol–water partition coefficient (Wildman–Crippen LogP) is 4.65. The van der Waals surface area contributed by atoms with E-state index in [1.807, 2.05) is 0 Å². The molecule has 1 saturated carbocycles. The fourth-order valence-corrected chi connectivity index (χ4v) is 6.08. The molecule has 2 heterocycles. The number of primary sulfonamides is 1. The van der Waals surface area contributed by atoms with Gasteiger partial charge in [0.05, 0.1) is 26.0 Å². The van der Waals surface area contributed by atoms with Gasteiger partial charge in [0.25, 0.3) is 0 Å². The molecule has 0 unspecified atom stereocenters. The van der Waals surface area contributed by atoms with Gasteiger partial charge in [0.2, 0.25) is 16.0 Å². The number of anilines is 2. The first-order valence-corrected chi connectivity index (χ1v) is 15.9. The number of pyridine rings is 1. The summed E-state index contributed by atoms with van der Waals surface area (Å²) in [7, 11) is -7.89. The molecule has 5 rings (SSSR count). The monoisotopic (exact) mass is 644 g/mol. The van der Waals surface area contributed by atoms with Crippen LogP contribution in [0.2, 0.25) is 5.02 Å². The summed E-state index contributed by atoms with van der Waals surface area (Å²) in [4.78, 5) is 12.4. The third kappa shape index (κ3) is 6.11. The number of nitrogens with one attached hydrogen (secondary N) is 2. The average molecular weight is 645 g/mol. The van der Waals surface area contributed by atoms with E-state index in [0.717, 1.165) is 24.5 Å². The number of benzene rings is 2. The fraction of sp³-hybridized carbons (Fsp3) is 0.240. The topological polar surface area (TPSA) is 157 Å². The minimum Gasteiger partial charge on any atom is -0.354 e. The van der Waals surface area contributed by atoms with Gasteiger partial charge in [-0.25, -0.2) is 36.3 Å². The molecule has 1 fully saturated rings. The summed E-state index contributed by atoms with van der Waals surface area (Å²) >= 11 is 6.04. The van der Waals surface area contributed by atoms with Gasteiger partial charge in [-0.3, -0.25) is 0 Å². The Bertz CT molecular complexity index is 1950. The van der Waals surface area contributed by atoms with Gasteiger partial charge in [0.1, 0.15) is 16.9 Å². The number of aromatic nitrogens is 3. The second-order valence-electron chi connectivity index (χ2n) is 9.78. The molecule has 222 valence electrons. The van der Waals surface area contributed by atoms with Crippen molar-refractivity contribution in [3.63, 3.8) is 0 Å². The van der Waals surface area contributed by atoms with Crippen molar-refractivity contribution < 1.29 is 34.4 Å². The molecule has 0 amide bonds. The van der Waals surface area contributed by atoms with Crippen LogP contribution in [0.5, 0.6) is 0 Å². The molecule has 0 radical (unpaired) electrons. The lowest BCUT2D eigenvalue weighted by Gasteiger charge is -2.22. The standard InChI is InChI=1S/C25H21ClF4N6O4S2/c1-41(37,38)20-10-14(2-3-17(20)26)18-4-5-19-21(33-18)22(36-24(6-7-24)25(28,29)30)35-23(34-19)32-12-13-8-15(27)11-16(9-13)42(31,39)40/h2-5,8-11H,6-7,12H2,1H3,(H2,31,39,40)(H2,32,34,35,36). The molecule has 0 atom stereocenters. The first-order valence-electron chi connectivity index (χ1n) is 12.1. The largest absolute Gasteiger partial charge is 0.411 e. The van der Waals surface area contributed by atoms with E-state index in [4.69, 9.17) is 16.7 Å². The summed E-state index contributed by atoms with van der Waals surface area (Å²) in [5.41, 5.74) is -1.39. The fourth-order valence-electron chi connectivity index (χ4n) is 4.19. The predicted molar refractivity (Wildman–Crippen MR) is 148 cm³/mol. The van der Waals surface area contributed by atoms with E-state index in [0.29, 0.717) is 5.56 Å². The summed E-state index contributed by atoms with van der Waals surface area (Å²) in [5.74, 6) is -1.26. The van der Waals surface area contributed by atoms with Crippen molar-refractivity contribution in [3.8, 4) is 11.3 Å². The van der Waals surface area contributed by atoms with Gasteiger partial charge in [-0.05, 0) is 60.9 Å². The van der Waals surface area contributed by atoms with Gasteiger partial charge in [-0.15, -0.1) is 0 Å².